The summed E-state index contributed by atoms with van der Waals surface area (Å²) in [5.74, 6) is 0. The van der Waals surface area contributed by atoms with Crippen molar-refractivity contribution in [3.8, 4) is 0 Å². The molecule has 0 radical (unpaired) electrons. The average Bonchev–Trinajstić information content (AvgIpc) is 2.68. The summed E-state index contributed by atoms with van der Waals surface area (Å²) in [6.45, 7) is 4.81. The summed E-state index contributed by atoms with van der Waals surface area (Å²) in [4.78, 5) is 2.21. The van der Waals surface area contributed by atoms with Gasteiger partial charge in [-0.3, -0.25) is 0 Å². The second-order valence-electron chi connectivity index (χ2n) is 6.24. The third-order valence-electron chi connectivity index (χ3n) is 4.70. The van der Waals surface area contributed by atoms with Crippen molar-refractivity contribution in [3.05, 3.63) is 0 Å². The molecule has 1 N–H and O–H groups in total. The van der Waals surface area contributed by atoms with E-state index < -0.39 is 10.2 Å². The van der Waals surface area contributed by atoms with Crippen molar-refractivity contribution in [2.24, 2.45) is 0 Å². The van der Waals surface area contributed by atoms with Crippen molar-refractivity contribution in [1.29, 1.82) is 0 Å². The zero-order valence-corrected chi connectivity index (χ0v) is 14.1. The van der Waals surface area contributed by atoms with Gasteiger partial charge in [0.05, 0.1) is 6.61 Å². The summed E-state index contributed by atoms with van der Waals surface area (Å²) in [6.07, 6.45) is 4.34. The molecule has 0 amide bonds. The molecule has 2 aliphatic heterocycles. The Morgan fingerprint density at radius 1 is 1.05 bits per heavy atom. The largest absolute Gasteiger partial charge is 0.395 e. The molecule has 2 unspecified atom stereocenters. The lowest BCUT2D eigenvalue weighted by Crippen LogP contribution is -2.55. The number of piperidine rings is 1. The highest BCUT2D eigenvalue weighted by Gasteiger charge is 2.39. The van der Waals surface area contributed by atoms with Gasteiger partial charge in [-0.2, -0.15) is 17.0 Å². The predicted octanol–water partition coefficient (Wildman–Crippen LogP) is 0.494. The van der Waals surface area contributed by atoms with E-state index in [2.05, 4.69) is 11.9 Å². The maximum Gasteiger partial charge on any atom is 0.282 e. The van der Waals surface area contributed by atoms with Crippen LogP contribution in [0.4, 0.5) is 0 Å². The minimum Gasteiger partial charge on any atom is -0.395 e. The van der Waals surface area contributed by atoms with Crippen LogP contribution in [-0.4, -0.2) is 79.0 Å². The van der Waals surface area contributed by atoms with Gasteiger partial charge < -0.3 is 10.0 Å². The second kappa shape index (κ2) is 7.37. The summed E-state index contributed by atoms with van der Waals surface area (Å²) in [6, 6.07) is -0.217. The highest BCUT2D eigenvalue weighted by atomic mass is 32.2. The molecular formula is C14H29N3O3S. The number of aliphatic hydroxyl groups is 1. The van der Waals surface area contributed by atoms with Crippen LogP contribution >= 0.6 is 0 Å². The molecule has 124 valence electrons. The lowest BCUT2D eigenvalue weighted by molar-refractivity contribution is 0.143. The Balaban J connectivity index is 2.23. The first-order valence-corrected chi connectivity index (χ1v) is 9.48. The van der Waals surface area contributed by atoms with Crippen molar-refractivity contribution >= 4 is 10.2 Å². The molecular weight excluding hydrogens is 290 g/mol. The number of aliphatic hydroxyl groups excluding tert-OH is 1. The van der Waals surface area contributed by atoms with Crippen LogP contribution in [0.2, 0.25) is 0 Å². The first-order chi connectivity index (χ1) is 10.0. The Bertz CT molecular complexity index is 429. The summed E-state index contributed by atoms with van der Waals surface area (Å²) in [5, 5.41) is 9.51. The van der Waals surface area contributed by atoms with Gasteiger partial charge in [0.15, 0.2) is 0 Å². The smallest absolute Gasteiger partial charge is 0.282 e. The van der Waals surface area contributed by atoms with E-state index in [-0.39, 0.29) is 18.7 Å². The Morgan fingerprint density at radius 2 is 1.71 bits per heavy atom. The van der Waals surface area contributed by atoms with E-state index in [1.165, 1.54) is 0 Å². The van der Waals surface area contributed by atoms with E-state index in [4.69, 9.17) is 0 Å². The summed E-state index contributed by atoms with van der Waals surface area (Å²) >= 11 is 0. The molecule has 6 nitrogen and oxygen atoms in total. The van der Waals surface area contributed by atoms with Crippen LogP contribution in [0.3, 0.4) is 0 Å². The molecule has 2 aliphatic rings. The van der Waals surface area contributed by atoms with Crippen LogP contribution in [0.25, 0.3) is 0 Å². The van der Waals surface area contributed by atoms with E-state index >= 15 is 0 Å². The van der Waals surface area contributed by atoms with Crippen LogP contribution < -0.4 is 0 Å². The maximum atomic E-state index is 13.1. The summed E-state index contributed by atoms with van der Waals surface area (Å²) < 4.78 is 29.4. The van der Waals surface area contributed by atoms with E-state index in [0.717, 1.165) is 45.2 Å². The molecule has 2 rings (SSSR count). The van der Waals surface area contributed by atoms with Gasteiger partial charge in [0.2, 0.25) is 0 Å². The van der Waals surface area contributed by atoms with Gasteiger partial charge in [0.25, 0.3) is 10.2 Å². The van der Waals surface area contributed by atoms with Crippen molar-refractivity contribution in [1.82, 2.24) is 13.5 Å². The molecule has 0 aromatic rings. The Morgan fingerprint density at radius 3 is 2.38 bits per heavy atom. The average molecular weight is 319 g/mol. The van der Waals surface area contributed by atoms with Crippen LogP contribution in [0.1, 0.15) is 39.0 Å². The molecule has 0 aromatic heterocycles. The molecule has 0 spiro atoms. The fourth-order valence-corrected chi connectivity index (χ4v) is 5.58. The molecule has 2 heterocycles. The van der Waals surface area contributed by atoms with Crippen molar-refractivity contribution in [3.63, 3.8) is 0 Å². The fourth-order valence-electron chi connectivity index (χ4n) is 3.45. The zero-order chi connectivity index (χ0) is 15.5. The van der Waals surface area contributed by atoms with Gasteiger partial charge in [-0.15, -0.1) is 0 Å². The van der Waals surface area contributed by atoms with E-state index in [9.17, 15) is 13.5 Å². The van der Waals surface area contributed by atoms with E-state index in [0.29, 0.717) is 13.1 Å². The number of nitrogens with zero attached hydrogens (tertiary/aromatic N) is 3. The summed E-state index contributed by atoms with van der Waals surface area (Å²) in [5.41, 5.74) is 0. The third kappa shape index (κ3) is 3.76. The third-order valence-corrected chi connectivity index (χ3v) is 6.84. The van der Waals surface area contributed by atoms with Gasteiger partial charge in [-0.05, 0) is 39.3 Å². The summed E-state index contributed by atoms with van der Waals surface area (Å²) in [7, 11) is -1.42. The number of rotatable bonds is 4. The Hall–Kier alpha value is -0.210. The van der Waals surface area contributed by atoms with Crippen molar-refractivity contribution in [2.75, 3.05) is 39.8 Å². The molecule has 0 aromatic carbocycles. The standard InChI is InChI=1S/C14H29N3O3S/c1-3-13-11-15(2)8-6-10-16(13)21(19,20)17-9-5-4-7-14(17)12-18/h13-14,18H,3-12H2,1-2H3. The van der Waals surface area contributed by atoms with Gasteiger partial charge in [-0.25, -0.2) is 0 Å². The minimum absolute atomic E-state index is 0.0313. The predicted molar refractivity (Wildman–Crippen MR) is 83.2 cm³/mol. The van der Waals surface area contributed by atoms with Crippen LogP contribution in [0.15, 0.2) is 0 Å². The van der Waals surface area contributed by atoms with Gasteiger partial charge in [-0.1, -0.05) is 13.3 Å². The molecule has 7 heteroatoms. The van der Waals surface area contributed by atoms with Gasteiger partial charge >= 0.3 is 0 Å². The van der Waals surface area contributed by atoms with Crippen LogP contribution in [-0.2, 0) is 10.2 Å². The molecule has 2 saturated heterocycles. The number of hydrogen-bond acceptors (Lipinski definition) is 4. The molecule has 21 heavy (non-hydrogen) atoms. The van der Waals surface area contributed by atoms with Crippen molar-refractivity contribution in [2.45, 2.75) is 51.1 Å². The quantitative estimate of drug-likeness (QED) is 0.819. The Labute approximate surface area is 128 Å². The zero-order valence-electron chi connectivity index (χ0n) is 13.2. The number of likely N-dealkylation sites (N-methyl/N-ethyl adjacent to an activating group) is 1. The highest BCUT2D eigenvalue weighted by molar-refractivity contribution is 7.86. The lowest BCUT2D eigenvalue weighted by Gasteiger charge is -2.39. The topological polar surface area (TPSA) is 64.1 Å². The molecule has 0 aliphatic carbocycles. The van der Waals surface area contributed by atoms with E-state index in [1.54, 1.807) is 8.61 Å². The monoisotopic (exact) mass is 319 g/mol. The minimum atomic E-state index is -3.47. The van der Waals surface area contributed by atoms with E-state index in [1.807, 2.05) is 6.92 Å². The first-order valence-electron chi connectivity index (χ1n) is 8.08. The van der Waals surface area contributed by atoms with Gasteiger partial charge in [0, 0.05) is 31.7 Å². The highest BCUT2D eigenvalue weighted by Crippen LogP contribution is 2.25. The van der Waals surface area contributed by atoms with Crippen LogP contribution in [0, 0.1) is 0 Å². The molecule has 0 saturated carbocycles. The number of hydrogen-bond donors (Lipinski definition) is 1. The van der Waals surface area contributed by atoms with Gasteiger partial charge in [0.1, 0.15) is 0 Å². The Kier molecular flexibility index (Phi) is 6.02. The first kappa shape index (κ1) is 17.1. The van der Waals surface area contributed by atoms with Crippen molar-refractivity contribution < 1.29 is 13.5 Å². The maximum absolute atomic E-state index is 13.1. The molecule has 2 fully saturated rings. The molecule has 0 bridgehead atoms. The second-order valence-corrected chi connectivity index (χ2v) is 8.07. The van der Waals surface area contributed by atoms with Crippen LogP contribution in [0.5, 0.6) is 0 Å². The molecule has 2 atom stereocenters. The SMILES string of the molecule is CCC1CN(C)CCCN1S(=O)(=O)N1CCCCC1CO. The normalized spacial score (nSPS) is 31.2. The lowest BCUT2D eigenvalue weighted by atomic mass is 10.1. The fraction of sp³-hybridized carbons (Fsp3) is 1.00.